The molecule has 0 aromatic heterocycles. The number of rotatable bonds is 5. The largest absolute Gasteiger partial charge is 0.353 e. The van der Waals surface area contributed by atoms with Gasteiger partial charge in [0.15, 0.2) is 6.04 Å². The maximum Gasteiger partial charge on any atom is 0.339 e. The Morgan fingerprint density at radius 2 is 1.88 bits per heavy atom. The fraction of sp³-hybridized carbons (Fsp3) is 0.500. The van der Waals surface area contributed by atoms with Crippen LogP contribution in [0.5, 0.6) is 0 Å². The van der Waals surface area contributed by atoms with Crippen LogP contribution in [0.15, 0.2) is 41.6 Å². The van der Waals surface area contributed by atoms with Crippen LogP contribution in [0, 0.1) is 12.3 Å². The Bertz CT molecular complexity index is 1030. The van der Waals surface area contributed by atoms with Crippen molar-refractivity contribution in [2.45, 2.75) is 57.5 Å². The van der Waals surface area contributed by atoms with Gasteiger partial charge in [-0.1, -0.05) is 31.5 Å². The molecule has 1 aromatic rings. The molecular formula is C22H31N4O5S+. The maximum absolute atomic E-state index is 13.2. The Labute approximate surface area is 188 Å². The van der Waals surface area contributed by atoms with Gasteiger partial charge in [0.05, 0.1) is 17.5 Å². The minimum absolute atomic E-state index is 0.00469. The van der Waals surface area contributed by atoms with Gasteiger partial charge in [-0.15, -0.1) is 0 Å². The number of quaternary nitrogens is 1. The van der Waals surface area contributed by atoms with Crippen LogP contribution in [0.25, 0.3) is 0 Å². The van der Waals surface area contributed by atoms with Gasteiger partial charge < -0.3 is 10.2 Å². The van der Waals surface area contributed by atoms with Crippen molar-refractivity contribution >= 4 is 27.7 Å². The standard InChI is InChI=1S/C22H30N4O5S/c1-15-5-7-17(8-6-15)32(30,31)26-12-10-23-21(29)18(26)13-20(28)24-19-9-11-25(16(2)27)14-22(19,3)4/h5-8,10,12,18-19H,9,11,13-14H2,1-4H3,(H,23,29)(H,24,28)/p+1/t18-,19?/m1/s1. The first-order valence-electron chi connectivity index (χ1n) is 10.6. The third-order valence-electron chi connectivity index (χ3n) is 6.11. The van der Waals surface area contributed by atoms with Crippen molar-refractivity contribution in [2.24, 2.45) is 5.41 Å². The zero-order valence-electron chi connectivity index (χ0n) is 18.9. The van der Waals surface area contributed by atoms with Gasteiger partial charge in [-0.05, 0) is 25.5 Å². The summed E-state index contributed by atoms with van der Waals surface area (Å²) in [6.45, 7) is 8.38. The SMILES string of the molecule is CC(=O)N1CCC(NC(=O)C[C@@H]2C(=O)[NH2+]C=CN2S(=O)(=O)c2ccc(C)cc2)C(C)(C)C1. The van der Waals surface area contributed by atoms with Crippen molar-refractivity contribution in [3.8, 4) is 0 Å². The van der Waals surface area contributed by atoms with Crippen LogP contribution in [-0.4, -0.2) is 60.5 Å². The van der Waals surface area contributed by atoms with Crippen LogP contribution in [0.1, 0.15) is 39.2 Å². The number of nitrogens with zero attached hydrogens (tertiary/aromatic N) is 2. The number of piperidine rings is 1. The Balaban J connectivity index is 1.75. The Hall–Kier alpha value is -2.72. The molecule has 0 saturated carbocycles. The first-order valence-corrected chi connectivity index (χ1v) is 12.1. The quantitative estimate of drug-likeness (QED) is 0.641. The number of aryl methyl sites for hydroxylation is 1. The Morgan fingerprint density at radius 3 is 2.47 bits per heavy atom. The molecule has 0 bridgehead atoms. The van der Waals surface area contributed by atoms with E-state index in [0.29, 0.717) is 19.5 Å². The number of hydrogen-bond acceptors (Lipinski definition) is 5. The van der Waals surface area contributed by atoms with Crippen LogP contribution >= 0.6 is 0 Å². The Kier molecular flexibility index (Phi) is 6.75. The lowest BCUT2D eigenvalue weighted by molar-refractivity contribution is -0.506. The molecule has 32 heavy (non-hydrogen) atoms. The highest BCUT2D eigenvalue weighted by Gasteiger charge is 2.42. The number of hydrogen-bond donors (Lipinski definition) is 2. The second kappa shape index (κ2) is 9.03. The third kappa shape index (κ3) is 5.02. The summed E-state index contributed by atoms with van der Waals surface area (Å²) in [6.07, 6.45) is 3.01. The molecule has 0 aliphatic carbocycles. The molecule has 0 radical (unpaired) electrons. The topological polar surface area (TPSA) is 120 Å². The van der Waals surface area contributed by atoms with Gasteiger partial charge in [0, 0.05) is 31.5 Å². The number of carbonyl (C=O) groups excluding carboxylic acids is 3. The number of benzene rings is 1. The zero-order valence-corrected chi connectivity index (χ0v) is 19.7. The maximum atomic E-state index is 13.2. The van der Waals surface area contributed by atoms with Crippen molar-refractivity contribution in [1.29, 1.82) is 0 Å². The van der Waals surface area contributed by atoms with Gasteiger partial charge in [-0.25, -0.2) is 13.2 Å². The van der Waals surface area contributed by atoms with Crippen LogP contribution in [0.2, 0.25) is 0 Å². The fourth-order valence-corrected chi connectivity index (χ4v) is 5.62. The summed E-state index contributed by atoms with van der Waals surface area (Å²) in [5.41, 5.74) is 0.562. The minimum atomic E-state index is -4.00. The van der Waals surface area contributed by atoms with Crippen LogP contribution in [0.3, 0.4) is 0 Å². The molecule has 1 unspecified atom stereocenters. The fourth-order valence-electron chi connectivity index (χ4n) is 4.16. The lowest BCUT2D eigenvalue weighted by atomic mass is 9.79. The van der Waals surface area contributed by atoms with Gasteiger partial charge in [0.1, 0.15) is 6.20 Å². The van der Waals surface area contributed by atoms with E-state index >= 15 is 0 Å². The number of primary amides is 1. The summed E-state index contributed by atoms with van der Waals surface area (Å²) in [5, 5.41) is 4.25. The number of sulfonamides is 1. The molecule has 2 aliphatic heterocycles. The third-order valence-corrected chi connectivity index (χ3v) is 7.91. The van der Waals surface area contributed by atoms with Gasteiger partial charge in [0.25, 0.3) is 10.0 Å². The van der Waals surface area contributed by atoms with E-state index in [4.69, 9.17) is 0 Å². The molecule has 1 saturated heterocycles. The van der Waals surface area contributed by atoms with E-state index < -0.39 is 27.9 Å². The number of nitrogens with two attached hydrogens (primary N) is 1. The van der Waals surface area contributed by atoms with E-state index in [2.05, 4.69) is 5.32 Å². The van der Waals surface area contributed by atoms with Gasteiger partial charge in [-0.3, -0.25) is 19.2 Å². The van der Waals surface area contributed by atoms with Gasteiger partial charge in [0.2, 0.25) is 11.8 Å². The molecule has 3 amide bonds. The molecule has 1 fully saturated rings. The number of carbonyl (C=O) groups is 3. The molecule has 174 valence electrons. The summed E-state index contributed by atoms with van der Waals surface area (Å²) in [6, 6.07) is 5.02. The molecule has 9 nitrogen and oxygen atoms in total. The van der Waals surface area contributed by atoms with E-state index in [9.17, 15) is 22.8 Å². The van der Waals surface area contributed by atoms with Crippen molar-refractivity contribution in [3.05, 3.63) is 42.2 Å². The smallest absolute Gasteiger partial charge is 0.339 e. The first kappa shape index (κ1) is 23.9. The minimum Gasteiger partial charge on any atom is -0.353 e. The summed E-state index contributed by atoms with van der Waals surface area (Å²) in [7, 11) is -4.00. The normalized spacial score (nSPS) is 23.2. The number of nitrogens with one attached hydrogen (secondary N) is 1. The second-order valence-corrected chi connectivity index (χ2v) is 11.0. The summed E-state index contributed by atoms with van der Waals surface area (Å²) >= 11 is 0. The summed E-state index contributed by atoms with van der Waals surface area (Å²) < 4.78 is 27.3. The van der Waals surface area contributed by atoms with E-state index in [1.165, 1.54) is 36.8 Å². The van der Waals surface area contributed by atoms with Crippen molar-refractivity contribution in [3.63, 3.8) is 0 Å². The number of likely N-dealkylation sites (tertiary alicyclic amines) is 1. The molecule has 2 aliphatic rings. The molecule has 2 heterocycles. The van der Waals surface area contributed by atoms with E-state index in [1.54, 1.807) is 17.0 Å². The second-order valence-electron chi connectivity index (χ2n) is 9.12. The highest BCUT2D eigenvalue weighted by Crippen LogP contribution is 2.30. The van der Waals surface area contributed by atoms with Gasteiger partial charge in [-0.2, -0.15) is 0 Å². The molecule has 3 rings (SSSR count). The van der Waals surface area contributed by atoms with Crippen molar-refractivity contribution < 1.29 is 28.1 Å². The highest BCUT2D eigenvalue weighted by molar-refractivity contribution is 7.89. The predicted molar refractivity (Wildman–Crippen MR) is 117 cm³/mol. The highest BCUT2D eigenvalue weighted by atomic mass is 32.2. The van der Waals surface area contributed by atoms with Crippen molar-refractivity contribution in [1.82, 2.24) is 14.5 Å². The Morgan fingerprint density at radius 1 is 1.22 bits per heavy atom. The monoisotopic (exact) mass is 463 g/mol. The first-order chi connectivity index (χ1) is 14.9. The lowest BCUT2D eigenvalue weighted by Gasteiger charge is -2.44. The van der Waals surface area contributed by atoms with E-state index in [0.717, 1.165) is 9.87 Å². The molecule has 3 N–H and O–H groups in total. The average Bonchev–Trinajstić information content (AvgIpc) is 2.71. The molecule has 10 heteroatoms. The number of amides is 3. The molecular weight excluding hydrogens is 432 g/mol. The average molecular weight is 464 g/mol. The molecule has 0 spiro atoms. The molecule has 2 atom stereocenters. The van der Waals surface area contributed by atoms with Crippen LogP contribution in [0.4, 0.5) is 0 Å². The predicted octanol–water partition coefficient (Wildman–Crippen LogP) is 0.0824. The summed E-state index contributed by atoms with van der Waals surface area (Å²) in [4.78, 5) is 39.0. The van der Waals surface area contributed by atoms with Gasteiger partial charge >= 0.3 is 5.91 Å². The van der Waals surface area contributed by atoms with E-state index in [-0.39, 0.29) is 28.7 Å². The lowest BCUT2D eigenvalue weighted by Crippen LogP contribution is -2.88. The van der Waals surface area contributed by atoms with Crippen LogP contribution < -0.4 is 10.6 Å². The summed E-state index contributed by atoms with van der Waals surface area (Å²) in [5.74, 6) is -0.843. The zero-order chi connectivity index (χ0) is 23.7. The van der Waals surface area contributed by atoms with E-state index in [1.807, 2.05) is 20.8 Å². The van der Waals surface area contributed by atoms with Crippen LogP contribution in [-0.2, 0) is 24.4 Å². The molecule has 1 aromatic carbocycles. The van der Waals surface area contributed by atoms with Crippen molar-refractivity contribution in [2.75, 3.05) is 13.1 Å².